The first-order valence-corrected chi connectivity index (χ1v) is 9.05. The quantitative estimate of drug-likeness (QED) is 0.691. The number of carbonyl (C=O) groups excluding carboxylic acids is 2. The SMILES string of the molecule is CCOC(=O)C1=C(C)N=C(C)C(C(=O)OCC)[C@H]1c1cccc(Br)c1. The van der Waals surface area contributed by atoms with E-state index in [4.69, 9.17) is 9.47 Å². The second kappa shape index (κ2) is 8.43. The molecule has 1 heterocycles. The number of ether oxygens (including phenoxy) is 2. The lowest BCUT2D eigenvalue weighted by molar-refractivity contribution is -0.146. The second-order valence-corrected chi connectivity index (χ2v) is 6.65. The van der Waals surface area contributed by atoms with E-state index in [-0.39, 0.29) is 19.2 Å². The van der Waals surface area contributed by atoms with Gasteiger partial charge in [0.1, 0.15) is 5.92 Å². The number of halogens is 1. The summed E-state index contributed by atoms with van der Waals surface area (Å²) in [5.74, 6) is -1.98. The van der Waals surface area contributed by atoms with E-state index in [0.29, 0.717) is 17.0 Å². The number of esters is 2. The Hall–Kier alpha value is -1.95. The molecule has 2 rings (SSSR count). The van der Waals surface area contributed by atoms with Crippen molar-refractivity contribution < 1.29 is 19.1 Å². The Morgan fingerprint density at radius 3 is 2.44 bits per heavy atom. The smallest absolute Gasteiger partial charge is 0.336 e. The van der Waals surface area contributed by atoms with Crippen LogP contribution in [0, 0.1) is 5.92 Å². The van der Waals surface area contributed by atoms with Crippen molar-refractivity contribution in [1.82, 2.24) is 0 Å². The predicted molar refractivity (Wildman–Crippen MR) is 99.4 cm³/mol. The van der Waals surface area contributed by atoms with Crippen LogP contribution in [0.2, 0.25) is 0 Å². The lowest BCUT2D eigenvalue weighted by Crippen LogP contribution is -2.36. The standard InChI is InChI=1S/C19H22BrNO4/c1-5-24-18(22)15-11(3)21-12(4)16(19(23)25-6-2)17(15)13-8-7-9-14(20)10-13/h7-10,15,17H,5-6H2,1-4H3/t15?,17-/m1/s1. The average Bonchev–Trinajstić information content (AvgIpc) is 2.54. The summed E-state index contributed by atoms with van der Waals surface area (Å²) in [6, 6.07) is 7.57. The fraction of sp³-hybridized carbons (Fsp3) is 0.421. The van der Waals surface area contributed by atoms with E-state index < -0.39 is 17.8 Å². The lowest BCUT2D eigenvalue weighted by Gasteiger charge is -2.31. The van der Waals surface area contributed by atoms with Crippen LogP contribution >= 0.6 is 15.9 Å². The van der Waals surface area contributed by atoms with Crippen LogP contribution in [0.15, 0.2) is 45.0 Å². The number of rotatable bonds is 5. The first kappa shape index (κ1) is 19.4. The molecule has 2 atom stereocenters. The van der Waals surface area contributed by atoms with E-state index >= 15 is 0 Å². The molecule has 0 bridgehead atoms. The van der Waals surface area contributed by atoms with Crippen molar-refractivity contribution in [3.8, 4) is 0 Å². The fourth-order valence-electron chi connectivity index (χ4n) is 3.11. The number of benzene rings is 1. The highest BCUT2D eigenvalue weighted by atomic mass is 79.9. The van der Waals surface area contributed by atoms with Gasteiger partial charge in [-0.25, -0.2) is 4.79 Å². The Morgan fingerprint density at radius 1 is 1.16 bits per heavy atom. The molecule has 0 N–H and O–H groups in total. The molecule has 0 aromatic heterocycles. The van der Waals surface area contributed by atoms with E-state index in [1.807, 2.05) is 24.3 Å². The average molecular weight is 408 g/mol. The fourth-order valence-corrected chi connectivity index (χ4v) is 3.53. The van der Waals surface area contributed by atoms with Crippen LogP contribution in [0.4, 0.5) is 0 Å². The van der Waals surface area contributed by atoms with Gasteiger partial charge in [-0.3, -0.25) is 9.79 Å². The molecule has 0 aliphatic carbocycles. The minimum absolute atomic E-state index is 0.258. The number of allylic oxidation sites excluding steroid dienone is 1. The van der Waals surface area contributed by atoms with Gasteiger partial charge in [-0.2, -0.15) is 0 Å². The summed E-state index contributed by atoms with van der Waals surface area (Å²) in [6.07, 6.45) is 0. The minimum atomic E-state index is -0.655. The van der Waals surface area contributed by atoms with Crippen molar-refractivity contribution in [2.45, 2.75) is 33.6 Å². The Kier molecular flexibility index (Phi) is 6.53. The molecule has 25 heavy (non-hydrogen) atoms. The van der Waals surface area contributed by atoms with Crippen molar-refractivity contribution in [2.75, 3.05) is 13.2 Å². The van der Waals surface area contributed by atoms with Gasteiger partial charge in [-0.1, -0.05) is 28.1 Å². The van der Waals surface area contributed by atoms with Crippen molar-refractivity contribution in [3.05, 3.63) is 45.6 Å². The zero-order valence-corrected chi connectivity index (χ0v) is 16.4. The second-order valence-electron chi connectivity index (χ2n) is 5.74. The number of hydrogen-bond acceptors (Lipinski definition) is 5. The van der Waals surface area contributed by atoms with Crippen LogP contribution in [0.25, 0.3) is 0 Å². The first-order valence-electron chi connectivity index (χ1n) is 8.25. The Morgan fingerprint density at radius 2 is 1.84 bits per heavy atom. The zero-order chi connectivity index (χ0) is 18.6. The molecule has 1 aliphatic heterocycles. The van der Waals surface area contributed by atoms with Crippen LogP contribution in [0.3, 0.4) is 0 Å². The number of carbonyl (C=O) groups is 2. The molecule has 0 fully saturated rings. The van der Waals surface area contributed by atoms with E-state index in [9.17, 15) is 9.59 Å². The zero-order valence-electron chi connectivity index (χ0n) is 14.8. The molecule has 1 aromatic rings. The molecule has 0 amide bonds. The van der Waals surface area contributed by atoms with Crippen molar-refractivity contribution in [3.63, 3.8) is 0 Å². The Bertz CT molecular complexity index is 739. The molecule has 0 saturated heterocycles. The Balaban J connectivity index is 2.62. The normalized spacial score (nSPS) is 20.1. The van der Waals surface area contributed by atoms with Gasteiger partial charge >= 0.3 is 11.9 Å². The molecule has 1 aromatic carbocycles. The topological polar surface area (TPSA) is 65.0 Å². The van der Waals surface area contributed by atoms with Crippen molar-refractivity contribution in [2.24, 2.45) is 10.9 Å². The van der Waals surface area contributed by atoms with Crippen LogP contribution in [-0.4, -0.2) is 30.9 Å². The van der Waals surface area contributed by atoms with Gasteiger partial charge < -0.3 is 9.47 Å². The molecule has 1 aliphatic rings. The summed E-state index contributed by atoms with van der Waals surface area (Å²) in [5.41, 5.74) is 2.45. The number of aliphatic imine (C=N–C) groups is 1. The van der Waals surface area contributed by atoms with E-state index in [0.717, 1.165) is 10.0 Å². The van der Waals surface area contributed by atoms with Crippen LogP contribution in [-0.2, 0) is 19.1 Å². The van der Waals surface area contributed by atoms with Gasteiger partial charge in [0.05, 0.1) is 18.8 Å². The van der Waals surface area contributed by atoms with Crippen LogP contribution in [0.1, 0.15) is 39.2 Å². The van der Waals surface area contributed by atoms with Gasteiger partial charge in [-0.15, -0.1) is 0 Å². The number of hydrogen-bond donors (Lipinski definition) is 0. The maximum atomic E-state index is 12.6. The molecule has 5 nitrogen and oxygen atoms in total. The third kappa shape index (κ3) is 4.18. The summed E-state index contributed by atoms with van der Waals surface area (Å²) in [6.45, 7) is 7.59. The number of nitrogens with zero attached hydrogens (tertiary/aromatic N) is 1. The molecule has 0 saturated carbocycles. The lowest BCUT2D eigenvalue weighted by atomic mass is 9.75. The molecule has 6 heteroatoms. The van der Waals surface area contributed by atoms with Gasteiger partial charge in [0.15, 0.2) is 0 Å². The molecular weight excluding hydrogens is 386 g/mol. The summed E-state index contributed by atoms with van der Waals surface area (Å²) in [4.78, 5) is 29.7. The van der Waals surface area contributed by atoms with Gasteiger partial charge in [0, 0.05) is 21.8 Å². The molecule has 0 radical (unpaired) electrons. The van der Waals surface area contributed by atoms with Crippen molar-refractivity contribution in [1.29, 1.82) is 0 Å². The predicted octanol–water partition coefficient (Wildman–Crippen LogP) is 4.02. The molecule has 134 valence electrons. The first-order chi connectivity index (χ1) is 11.9. The van der Waals surface area contributed by atoms with E-state index in [2.05, 4.69) is 20.9 Å². The highest BCUT2D eigenvalue weighted by Gasteiger charge is 2.42. The summed E-state index contributed by atoms with van der Waals surface area (Å²) in [7, 11) is 0. The monoisotopic (exact) mass is 407 g/mol. The summed E-state index contributed by atoms with van der Waals surface area (Å²) < 4.78 is 11.3. The maximum absolute atomic E-state index is 12.6. The van der Waals surface area contributed by atoms with E-state index in [1.165, 1.54) is 0 Å². The summed E-state index contributed by atoms with van der Waals surface area (Å²) >= 11 is 3.46. The molecule has 1 unspecified atom stereocenters. The highest BCUT2D eigenvalue weighted by Crippen LogP contribution is 2.40. The van der Waals surface area contributed by atoms with E-state index in [1.54, 1.807) is 27.7 Å². The molecule has 0 spiro atoms. The van der Waals surface area contributed by atoms with Crippen LogP contribution in [0.5, 0.6) is 0 Å². The summed E-state index contributed by atoms with van der Waals surface area (Å²) in [5, 5.41) is 0. The highest BCUT2D eigenvalue weighted by molar-refractivity contribution is 9.10. The van der Waals surface area contributed by atoms with Crippen LogP contribution < -0.4 is 0 Å². The maximum Gasteiger partial charge on any atom is 0.336 e. The van der Waals surface area contributed by atoms with Gasteiger partial charge in [0.2, 0.25) is 0 Å². The minimum Gasteiger partial charge on any atom is -0.465 e. The third-order valence-corrected chi connectivity index (χ3v) is 4.57. The molecular formula is C19H22BrNO4. The van der Waals surface area contributed by atoms with Crippen molar-refractivity contribution >= 4 is 33.6 Å². The largest absolute Gasteiger partial charge is 0.465 e. The third-order valence-electron chi connectivity index (χ3n) is 4.07. The van der Waals surface area contributed by atoms with Gasteiger partial charge in [-0.05, 0) is 45.4 Å². The Labute approximate surface area is 156 Å². The van der Waals surface area contributed by atoms with Gasteiger partial charge in [0.25, 0.3) is 0 Å².